The lowest BCUT2D eigenvalue weighted by Crippen LogP contribution is -2.47. The average Bonchev–Trinajstić information content (AvgIpc) is 3.04. The molecule has 9 heteroatoms. The molecule has 1 aromatic rings. The maximum atomic E-state index is 12.1. The first kappa shape index (κ1) is 23.1. The monoisotopic (exact) mass is 495 g/mol. The number of carbonyl (C=O) groups is 1. The molecule has 2 rings (SSSR count). The molecule has 0 bridgehead atoms. The Morgan fingerprint density at radius 1 is 1.38 bits per heavy atom. The first-order chi connectivity index (χ1) is 12.2. The molecule has 1 fully saturated rings. The molecule has 1 saturated heterocycles. The predicted molar refractivity (Wildman–Crippen MR) is 117 cm³/mol. The van der Waals surface area contributed by atoms with Gasteiger partial charge in [0.05, 0.1) is 23.9 Å². The summed E-state index contributed by atoms with van der Waals surface area (Å²) in [6.45, 7) is 10.5. The van der Waals surface area contributed by atoms with E-state index in [-0.39, 0.29) is 29.9 Å². The van der Waals surface area contributed by atoms with Crippen molar-refractivity contribution in [2.45, 2.75) is 39.7 Å². The molecule has 2 N–H and O–H groups in total. The highest BCUT2D eigenvalue weighted by atomic mass is 127. The normalized spacial score (nSPS) is 15.5. The minimum absolute atomic E-state index is 0. The van der Waals surface area contributed by atoms with Crippen LogP contribution in [0.5, 0.6) is 0 Å². The molecule has 0 atom stereocenters. The van der Waals surface area contributed by atoms with Gasteiger partial charge in [0.25, 0.3) is 5.91 Å². The van der Waals surface area contributed by atoms with Gasteiger partial charge in [-0.2, -0.15) is 0 Å². The van der Waals surface area contributed by atoms with E-state index >= 15 is 0 Å². The molecular weight excluding hydrogens is 465 g/mol. The summed E-state index contributed by atoms with van der Waals surface area (Å²) in [7, 11) is 0. The molecule has 0 aliphatic carbocycles. The number of aromatic nitrogens is 1. The van der Waals surface area contributed by atoms with Crippen molar-refractivity contribution >= 4 is 47.2 Å². The molecular formula is C17H30IN5O2S. The maximum Gasteiger partial charge on any atom is 0.263 e. The zero-order valence-corrected chi connectivity index (χ0v) is 18.9. The molecule has 26 heavy (non-hydrogen) atoms. The highest BCUT2D eigenvalue weighted by Crippen LogP contribution is 2.14. The predicted octanol–water partition coefficient (Wildman–Crippen LogP) is 2.27. The number of nitrogens with zero attached hydrogens (tertiary/aromatic N) is 3. The molecule has 0 aromatic carbocycles. The first-order valence-electron chi connectivity index (χ1n) is 8.98. The molecule has 1 aromatic heterocycles. The highest BCUT2D eigenvalue weighted by molar-refractivity contribution is 14.0. The number of amides is 1. The fourth-order valence-electron chi connectivity index (χ4n) is 2.83. The Bertz CT molecular complexity index is 573. The van der Waals surface area contributed by atoms with Gasteiger partial charge in [0, 0.05) is 32.8 Å². The highest BCUT2D eigenvalue weighted by Gasteiger charge is 2.21. The Kier molecular flexibility index (Phi) is 11.1. The number of carbonyl (C=O) groups excluding carboxylic acids is 1. The minimum Gasteiger partial charge on any atom is -0.378 e. The lowest BCUT2D eigenvalue weighted by Gasteiger charge is -2.34. The summed E-state index contributed by atoms with van der Waals surface area (Å²) in [4.78, 5) is 23.8. The van der Waals surface area contributed by atoms with E-state index in [1.165, 1.54) is 11.3 Å². The third kappa shape index (κ3) is 6.99. The van der Waals surface area contributed by atoms with Gasteiger partial charge in [0.15, 0.2) is 5.96 Å². The van der Waals surface area contributed by atoms with Crippen LogP contribution >= 0.6 is 35.3 Å². The molecule has 1 amide bonds. The largest absolute Gasteiger partial charge is 0.378 e. The Hall–Kier alpha value is -0.940. The van der Waals surface area contributed by atoms with Gasteiger partial charge in [-0.25, -0.2) is 4.98 Å². The van der Waals surface area contributed by atoms with Crippen LogP contribution in [0.2, 0.25) is 0 Å². The van der Waals surface area contributed by atoms with E-state index in [9.17, 15) is 4.79 Å². The van der Waals surface area contributed by atoms with Crippen molar-refractivity contribution in [1.29, 1.82) is 0 Å². The van der Waals surface area contributed by atoms with Crippen molar-refractivity contribution in [3.05, 3.63) is 16.1 Å². The molecule has 148 valence electrons. The number of hydrogen-bond donors (Lipinski definition) is 2. The summed E-state index contributed by atoms with van der Waals surface area (Å²) in [6, 6.07) is 0. The third-order valence-corrected chi connectivity index (χ3v) is 5.02. The Labute approximate surface area is 177 Å². The van der Waals surface area contributed by atoms with Crippen LogP contribution in [0.4, 0.5) is 0 Å². The summed E-state index contributed by atoms with van der Waals surface area (Å²) in [5, 5.41) is 6.25. The average molecular weight is 495 g/mol. The molecule has 0 unspecified atom stereocenters. The molecule has 1 aliphatic rings. The SMILES string of the molecule is CCNC(=NCCNC(=O)c1scnc1C)N1CCC(OCC)CC1.I. The number of likely N-dealkylation sites (tertiary alicyclic amines) is 1. The van der Waals surface area contributed by atoms with Crippen molar-refractivity contribution in [3.63, 3.8) is 0 Å². The van der Waals surface area contributed by atoms with E-state index in [1.807, 2.05) is 13.8 Å². The summed E-state index contributed by atoms with van der Waals surface area (Å²) >= 11 is 1.37. The number of thiazole rings is 1. The summed E-state index contributed by atoms with van der Waals surface area (Å²) in [6.07, 6.45) is 2.42. The standard InChI is InChI=1S/C17H29N5O2S.HI/c1-4-18-17(22-10-6-14(7-11-22)24-5-2)20-9-8-19-16(23)15-13(3)21-12-25-15;/h12,14H,4-11H2,1-3H3,(H,18,20)(H,19,23);1H. The number of halogens is 1. The van der Waals surface area contributed by atoms with E-state index in [0.29, 0.717) is 24.1 Å². The number of rotatable bonds is 7. The van der Waals surface area contributed by atoms with Crippen molar-refractivity contribution in [3.8, 4) is 0 Å². The van der Waals surface area contributed by atoms with Crippen LogP contribution in [-0.2, 0) is 4.74 Å². The van der Waals surface area contributed by atoms with Gasteiger partial charge >= 0.3 is 0 Å². The summed E-state index contributed by atoms with van der Waals surface area (Å²) < 4.78 is 5.70. The Balaban J connectivity index is 0.00000338. The van der Waals surface area contributed by atoms with Gasteiger partial charge < -0.3 is 20.3 Å². The fraction of sp³-hybridized carbons (Fsp3) is 0.706. The van der Waals surface area contributed by atoms with E-state index in [1.54, 1.807) is 5.51 Å². The van der Waals surface area contributed by atoms with Crippen LogP contribution in [0.1, 0.15) is 42.1 Å². The number of aryl methyl sites for hydroxylation is 1. The first-order valence-corrected chi connectivity index (χ1v) is 9.86. The zero-order chi connectivity index (χ0) is 18.1. The van der Waals surface area contributed by atoms with Gasteiger partial charge in [0.2, 0.25) is 0 Å². The topological polar surface area (TPSA) is 78.8 Å². The number of hydrogen-bond acceptors (Lipinski definition) is 5. The minimum atomic E-state index is -0.0715. The molecule has 0 spiro atoms. The lowest BCUT2D eigenvalue weighted by molar-refractivity contribution is 0.0264. The number of ether oxygens (including phenoxy) is 1. The second kappa shape index (κ2) is 12.4. The lowest BCUT2D eigenvalue weighted by atomic mass is 10.1. The molecule has 0 saturated carbocycles. The van der Waals surface area contributed by atoms with Crippen LogP contribution in [0.25, 0.3) is 0 Å². The molecule has 2 heterocycles. The van der Waals surface area contributed by atoms with Crippen molar-refractivity contribution in [2.75, 3.05) is 39.3 Å². The summed E-state index contributed by atoms with van der Waals surface area (Å²) in [5.41, 5.74) is 2.47. The van der Waals surface area contributed by atoms with Gasteiger partial charge in [-0.3, -0.25) is 9.79 Å². The molecule has 7 nitrogen and oxygen atoms in total. The van der Waals surface area contributed by atoms with Crippen molar-refractivity contribution in [2.24, 2.45) is 4.99 Å². The number of nitrogens with one attached hydrogen (secondary N) is 2. The van der Waals surface area contributed by atoms with Crippen molar-refractivity contribution in [1.82, 2.24) is 20.5 Å². The summed E-state index contributed by atoms with van der Waals surface area (Å²) in [5.74, 6) is 0.846. The van der Waals surface area contributed by atoms with Gasteiger partial charge in [-0.05, 0) is 33.6 Å². The fourth-order valence-corrected chi connectivity index (χ4v) is 3.55. The van der Waals surface area contributed by atoms with E-state index < -0.39 is 0 Å². The van der Waals surface area contributed by atoms with Gasteiger partial charge in [-0.15, -0.1) is 35.3 Å². The number of piperidine rings is 1. The Morgan fingerprint density at radius 2 is 2.12 bits per heavy atom. The third-order valence-electron chi connectivity index (χ3n) is 4.09. The van der Waals surface area contributed by atoms with Gasteiger partial charge in [0.1, 0.15) is 4.88 Å². The van der Waals surface area contributed by atoms with E-state index in [0.717, 1.165) is 50.7 Å². The number of aliphatic imine (C=N–C) groups is 1. The maximum absolute atomic E-state index is 12.1. The Morgan fingerprint density at radius 3 is 2.69 bits per heavy atom. The second-order valence-electron chi connectivity index (χ2n) is 5.90. The van der Waals surface area contributed by atoms with E-state index in [2.05, 4.69) is 32.4 Å². The van der Waals surface area contributed by atoms with Crippen LogP contribution in [0, 0.1) is 6.92 Å². The number of guanidine groups is 1. The molecule has 1 aliphatic heterocycles. The van der Waals surface area contributed by atoms with Crippen LogP contribution in [0.15, 0.2) is 10.5 Å². The van der Waals surface area contributed by atoms with Crippen LogP contribution in [-0.4, -0.2) is 67.2 Å². The van der Waals surface area contributed by atoms with E-state index in [4.69, 9.17) is 4.74 Å². The zero-order valence-electron chi connectivity index (χ0n) is 15.8. The van der Waals surface area contributed by atoms with Gasteiger partial charge in [-0.1, -0.05) is 0 Å². The second-order valence-corrected chi connectivity index (χ2v) is 6.75. The quantitative estimate of drug-likeness (QED) is 0.263. The van der Waals surface area contributed by atoms with Crippen LogP contribution < -0.4 is 10.6 Å². The van der Waals surface area contributed by atoms with Crippen molar-refractivity contribution < 1.29 is 9.53 Å². The van der Waals surface area contributed by atoms with Crippen LogP contribution in [0.3, 0.4) is 0 Å². The molecule has 0 radical (unpaired) electrons. The smallest absolute Gasteiger partial charge is 0.263 e.